The van der Waals surface area contributed by atoms with Crippen LogP contribution >= 0.6 is 0 Å². The molecule has 0 aliphatic carbocycles. The molecule has 0 unspecified atom stereocenters. The molecule has 0 saturated carbocycles. The van der Waals surface area contributed by atoms with E-state index in [4.69, 9.17) is 0 Å². The third kappa shape index (κ3) is 7.63. The smallest absolute Gasteiger partial charge is 0.297 e. The Morgan fingerprint density at radius 2 is 1.64 bits per heavy atom. The van der Waals surface area contributed by atoms with Crippen LogP contribution < -0.4 is 5.43 Å². The van der Waals surface area contributed by atoms with Gasteiger partial charge in [0.15, 0.2) is 5.78 Å². The molecule has 0 bridgehead atoms. The van der Waals surface area contributed by atoms with Crippen LogP contribution in [-0.2, 0) is 17.4 Å². The van der Waals surface area contributed by atoms with E-state index in [-0.39, 0.29) is 12.3 Å². The largest absolute Gasteiger partial charge is 0.416 e. The van der Waals surface area contributed by atoms with Crippen molar-refractivity contribution in [3.05, 3.63) is 101 Å². The fraction of sp³-hybridized carbons (Fsp3) is 0.276. The first-order valence-electron chi connectivity index (χ1n) is 11.9. The first-order chi connectivity index (χ1) is 17.2. The number of halogens is 3. The molecule has 1 N–H and O–H groups in total. The predicted octanol–water partition coefficient (Wildman–Crippen LogP) is 7.29. The number of ketones is 1. The number of alkyl halides is 3. The van der Waals surface area contributed by atoms with Crippen LogP contribution in [0.3, 0.4) is 0 Å². The molecule has 0 radical (unpaired) electrons. The minimum atomic E-state index is -4.36. The second-order valence-corrected chi connectivity index (χ2v) is 8.76. The van der Waals surface area contributed by atoms with E-state index < -0.39 is 11.7 Å². The number of hydrazone groups is 1. The van der Waals surface area contributed by atoms with Gasteiger partial charge in [0, 0.05) is 12.6 Å². The number of benzene rings is 3. The van der Waals surface area contributed by atoms with Gasteiger partial charge in [-0.1, -0.05) is 69.3 Å². The van der Waals surface area contributed by atoms with Crippen molar-refractivity contribution in [1.29, 1.82) is 0 Å². The van der Waals surface area contributed by atoms with Gasteiger partial charge in [0.2, 0.25) is 0 Å². The van der Waals surface area contributed by atoms with Crippen LogP contribution in [0.4, 0.5) is 18.9 Å². The molecule has 3 aromatic carbocycles. The summed E-state index contributed by atoms with van der Waals surface area (Å²) in [5.41, 5.74) is 7.34. The highest BCUT2D eigenvalue weighted by Gasteiger charge is 2.30. The zero-order chi connectivity index (χ0) is 26.1. The first kappa shape index (κ1) is 26.9. The van der Waals surface area contributed by atoms with Gasteiger partial charge in [-0.25, -0.2) is 0 Å². The standard InChI is InChI=1S/C29H30F3N3O/c1-4-28(22-11-13-24(14-12-22)29(30,31)32)35-34-25-15-9-21(10-16-25)18-33-19-26(36)17-23-7-5-6-8-27(23)20(2)3/h5-16,18,20,34H,4,17,19H2,1-3H3/b33-18?,35-28+. The molecule has 7 heteroatoms. The minimum Gasteiger partial charge on any atom is -0.297 e. The lowest BCUT2D eigenvalue weighted by molar-refractivity contribution is -0.137. The SMILES string of the molecule is CC/C(=N\Nc1ccc(C=NCC(=O)Cc2ccccc2C(C)C)cc1)c1ccc(C(F)(F)F)cc1. The summed E-state index contributed by atoms with van der Waals surface area (Å²) in [4.78, 5) is 16.7. The van der Waals surface area contributed by atoms with Crippen LogP contribution in [-0.4, -0.2) is 24.3 Å². The molecular formula is C29H30F3N3O. The average molecular weight is 494 g/mol. The van der Waals surface area contributed by atoms with Gasteiger partial charge < -0.3 is 0 Å². The summed E-state index contributed by atoms with van der Waals surface area (Å²) in [6.07, 6.45) is -1.78. The lowest BCUT2D eigenvalue weighted by Crippen LogP contribution is -2.09. The van der Waals surface area contributed by atoms with E-state index >= 15 is 0 Å². The van der Waals surface area contributed by atoms with Gasteiger partial charge in [0.25, 0.3) is 0 Å². The molecule has 0 aliphatic heterocycles. The molecule has 0 atom stereocenters. The van der Waals surface area contributed by atoms with Crippen molar-refractivity contribution < 1.29 is 18.0 Å². The molecule has 36 heavy (non-hydrogen) atoms. The third-order valence-electron chi connectivity index (χ3n) is 5.68. The molecule has 0 spiro atoms. The number of nitrogens with one attached hydrogen (secondary N) is 1. The van der Waals surface area contributed by atoms with Crippen LogP contribution in [0, 0.1) is 0 Å². The Morgan fingerprint density at radius 1 is 0.972 bits per heavy atom. The van der Waals surface area contributed by atoms with Gasteiger partial charge in [-0.3, -0.25) is 15.2 Å². The van der Waals surface area contributed by atoms with E-state index in [2.05, 4.69) is 35.4 Å². The average Bonchev–Trinajstić information content (AvgIpc) is 2.85. The summed E-state index contributed by atoms with van der Waals surface area (Å²) in [5.74, 6) is 0.416. The Hall–Kier alpha value is -3.74. The molecule has 3 rings (SSSR count). The second kappa shape index (κ2) is 12.3. The Labute approximate surface area is 210 Å². The van der Waals surface area contributed by atoms with Crippen LogP contribution in [0.25, 0.3) is 0 Å². The maximum atomic E-state index is 12.8. The molecule has 0 amide bonds. The number of Topliss-reactive ketones (excluding diaryl/α,β-unsaturated/α-hetero) is 1. The van der Waals surface area contributed by atoms with E-state index in [0.29, 0.717) is 30.0 Å². The van der Waals surface area contributed by atoms with Crippen molar-refractivity contribution in [3.8, 4) is 0 Å². The topological polar surface area (TPSA) is 53.8 Å². The van der Waals surface area contributed by atoms with Crippen LogP contribution in [0.2, 0.25) is 0 Å². The summed E-state index contributed by atoms with van der Waals surface area (Å²) < 4.78 is 38.3. The molecule has 0 saturated heterocycles. The lowest BCUT2D eigenvalue weighted by atomic mass is 9.94. The fourth-order valence-electron chi connectivity index (χ4n) is 3.75. The van der Waals surface area contributed by atoms with E-state index in [1.54, 1.807) is 6.21 Å². The number of aliphatic imine (C=N–C) groups is 1. The molecule has 0 heterocycles. The van der Waals surface area contributed by atoms with Gasteiger partial charge >= 0.3 is 6.18 Å². The molecule has 3 aromatic rings. The lowest BCUT2D eigenvalue weighted by Gasteiger charge is -2.11. The Morgan fingerprint density at radius 3 is 2.25 bits per heavy atom. The Kier molecular flexibility index (Phi) is 9.17. The highest BCUT2D eigenvalue weighted by molar-refractivity contribution is 6.00. The van der Waals surface area contributed by atoms with E-state index in [1.165, 1.54) is 17.7 Å². The van der Waals surface area contributed by atoms with Gasteiger partial charge in [0.05, 0.1) is 23.5 Å². The Bertz CT molecular complexity index is 1210. The molecule has 4 nitrogen and oxygen atoms in total. The predicted molar refractivity (Wildman–Crippen MR) is 140 cm³/mol. The fourth-order valence-corrected chi connectivity index (χ4v) is 3.75. The number of rotatable bonds is 10. The maximum Gasteiger partial charge on any atom is 0.416 e. The summed E-state index contributed by atoms with van der Waals surface area (Å²) in [7, 11) is 0. The number of carbonyl (C=O) groups is 1. The summed E-state index contributed by atoms with van der Waals surface area (Å²) in [5, 5.41) is 4.36. The molecule has 0 fully saturated rings. The quantitative estimate of drug-likeness (QED) is 0.238. The first-order valence-corrected chi connectivity index (χ1v) is 11.9. The molecular weight excluding hydrogens is 463 g/mol. The number of hydrogen-bond donors (Lipinski definition) is 1. The minimum absolute atomic E-state index is 0.0577. The number of nitrogens with zero attached hydrogens (tertiary/aromatic N) is 2. The monoisotopic (exact) mass is 493 g/mol. The summed E-state index contributed by atoms with van der Waals surface area (Å²) in [6, 6.07) is 20.3. The third-order valence-corrected chi connectivity index (χ3v) is 5.68. The van der Waals surface area contributed by atoms with E-state index in [9.17, 15) is 18.0 Å². The maximum absolute atomic E-state index is 12.8. The molecule has 0 aromatic heterocycles. The Balaban J connectivity index is 1.56. The molecule has 0 aliphatic rings. The van der Waals surface area contributed by atoms with Gasteiger partial charge in [-0.15, -0.1) is 0 Å². The van der Waals surface area contributed by atoms with Gasteiger partial charge in [-0.2, -0.15) is 18.3 Å². The van der Waals surface area contributed by atoms with Crippen LogP contribution in [0.5, 0.6) is 0 Å². The number of hydrogen-bond acceptors (Lipinski definition) is 4. The van der Waals surface area contributed by atoms with Crippen molar-refractivity contribution in [3.63, 3.8) is 0 Å². The van der Waals surface area contributed by atoms with E-state index in [0.717, 1.165) is 28.9 Å². The van der Waals surface area contributed by atoms with Crippen molar-refractivity contribution >= 4 is 23.4 Å². The number of anilines is 1. The summed E-state index contributed by atoms with van der Waals surface area (Å²) >= 11 is 0. The second-order valence-electron chi connectivity index (χ2n) is 8.76. The highest BCUT2D eigenvalue weighted by Crippen LogP contribution is 2.29. The van der Waals surface area contributed by atoms with Crippen LogP contribution in [0.15, 0.2) is 82.9 Å². The van der Waals surface area contributed by atoms with Crippen molar-refractivity contribution in [2.24, 2.45) is 10.1 Å². The van der Waals surface area contributed by atoms with Crippen molar-refractivity contribution in [1.82, 2.24) is 0 Å². The van der Waals surface area contributed by atoms with Gasteiger partial charge in [0.1, 0.15) is 0 Å². The van der Waals surface area contributed by atoms with E-state index in [1.807, 2.05) is 49.4 Å². The zero-order valence-corrected chi connectivity index (χ0v) is 20.6. The normalized spacial score (nSPS) is 12.4. The zero-order valence-electron chi connectivity index (χ0n) is 20.6. The number of carbonyl (C=O) groups excluding carboxylic acids is 1. The van der Waals surface area contributed by atoms with Crippen LogP contribution in [0.1, 0.15) is 60.9 Å². The summed E-state index contributed by atoms with van der Waals surface area (Å²) in [6.45, 7) is 6.23. The van der Waals surface area contributed by atoms with Gasteiger partial charge in [-0.05, 0) is 58.9 Å². The highest BCUT2D eigenvalue weighted by atomic mass is 19.4. The van der Waals surface area contributed by atoms with Crippen molar-refractivity contribution in [2.45, 2.75) is 45.7 Å². The van der Waals surface area contributed by atoms with Crippen molar-refractivity contribution in [2.75, 3.05) is 12.0 Å². The molecule has 188 valence electrons.